The van der Waals surface area contributed by atoms with Crippen molar-refractivity contribution in [1.82, 2.24) is 0 Å². The van der Waals surface area contributed by atoms with Gasteiger partial charge in [0.15, 0.2) is 6.10 Å². The molecule has 0 spiro atoms. The molecule has 0 aromatic rings. The summed E-state index contributed by atoms with van der Waals surface area (Å²) in [6.45, 7) is 3.72. The molecule has 0 bridgehead atoms. The number of nitrogens with two attached hydrogens (primary N) is 1. The molecule has 0 heterocycles. The summed E-state index contributed by atoms with van der Waals surface area (Å²) in [5.41, 5.74) is 5.35. The highest BCUT2D eigenvalue weighted by Gasteiger charge is 2.26. The van der Waals surface area contributed by atoms with Crippen molar-refractivity contribution in [1.29, 1.82) is 0 Å². The molecule has 3 N–H and O–H groups in total. The van der Waals surface area contributed by atoms with Crippen LogP contribution >= 0.6 is 7.82 Å². The van der Waals surface area contributed by atoms with E-state index in [-0.39, 0.29) is 32.6 Å². The molecule has 0 rings (SSSR count). The number of hydrogen-bond acceptors (Lipinski definition) is 8. The fraction of sp³-hybridized carbons (Fsp3) is 0.878. The molecule has 0 saturated carbocycles. The predicted octanol–water partition coefficient (Wildman–Crippen LogP) is 14.7. The monoisotopic (exact) mass is 856 g/mol. The number of hydrogen-bond donors (Lipinski definition) is 2. The van der Waals surface area contributed by atoms with Crippen LogP contribution in [0.15, 0.2) is 24.3 Å². The Bertz CT molecular complexity index is 1020. The van der Waals surface area contributed by atoms with Gasteiger partial charge >= 0.3 is 19.8 Å². The zero-order chi connectivity index (χ0) is 43.2. The van der Waals surface area contributed by atoms with E-state index in [4.69, 9.17) is 24.3 Å². The zero-order valence-corrected chi connectivity index (χ0v) is 39.4. The van der Waals surface area contributed by atoms with Gasteiger partial charge in [-0.05, 0) is 57.8 Å². The number of ether oxygens (including phenoxy) is 2. The maximum absolute atomic E-state index is 12.6. The summed E-state index contributed by atoms with van der Waals surface area (Å²) in [7, 11) is -4.39. The summed E-state index contributed by atoms with van der Waals surface area (Å²) in [5.74, 6) is -0.882. The average molecular weight is 856 g/mol. The number of phosphoric ester groups is 1. The second-order valence-electron chi connectivity index (χ2n) is 16.7. The lowest BCUT2D eigenvalue weighted by molar-refractivity contribution is -0.161. The Labute approximate surface area is 363 Å². The van der Waals surface area contributed by atoms with Crippen molar-refractivity contribution in [2.75, 3.05) is 26.4 Å². The summed E-state index contributed by atoms with van der Waals surface area (Å²) in [6, 6.07) is 0. The highest BCUT2D eigenvalue weighted by Crippen LogP contribution is 2.43. The molecular weight excluding hydrogens is 762 g/mol. The van der Waals surface area contributed by atoms with Crippen LogP contribution in [0.5, 0.6) is 0 Å². The number of carbonyl (C=O) groups excluding carboxylic acids is 2. The van der Waals surface area contributed by atoms with Crippen molar-refractivity contribution in [3.8, 4) is 0 Å². The van der Waals surface area contributed by atoms with Gasteiger partial charge in [-0.3, -0.25) is 18.6 Å². The number of esters is 2. The molecule has 0 saturated heterocycles. The maximum atomic E-state index is 12.6. The summed E-state index contributed by atoms with van der Waals surface area (Å²) >= 11 is 0. The van der Waals surface area contributed by atoms with Crippen LogP contribution in [-0.2, 0) is 32.7 Å². The van der Waals surface area contributed by atoms with E-state index in [1.165, 1.54) is 173 Å². The van der Waals surface area contributed by atoms with Gasteiger partial charge in [0.05, 0.1) is 13.2 Å². The third-order valence-electron chi connectivity index (χ3n) is 10.8. The maximum Gasteiger partial charge on any atom is 0.472 e. The van der Waals surface area contributed by atoms with E-state index in [2.05, 4.69) is 38.2 Å². The first-order chi connectivity index (χ1) is 28.8. The van der Waals surface area contributed by atoms with Crippen molar-refractivity contribution >= 4 is 19.8 Å². The van der Waals surface area contributed by atoms with Crippen LogP contribution in [0.25, 0.3) is 0 Å². The largest absolute Gasteiger partial charge is 0.472 e. The second kappa shape index (κ2) is 46.0. The van der Waals surface area contributed by atoms with Gasteiger partial charge in [-0.2, -0.15) is 0 Å². The molecule has 0 fully saturated rings. The van der Waals surface area contributed by atoms with Gasteiger partial charge in [-0.25, -0.2) is 4.57 Å². The van der Waals surface area contributed by atoms with Gasteiger partial charge in [-0.1, -0.05) is 199 Å². The average Bonchev–Trinajstić information content (AvgIpc) is 3.22. The molecule has 0 aliphatic heterocycles. The minimum absolute atomic E-state index is 0.0488. The smallest absolute Gasteiger partial charge is 0.462 e. The van der Waals surface area contributed by atoms with Crippen LogP contribution in [0.3, 0.4) is 0 Å². The number of unbranched alkanes of at least 4 members (excludes halogenated alkanes) is 30. The minimum atomic E-state index is -4.39. The Kier molecular flexibility index (Phi) is 44.8. The van der Waals surface area contributed by atoms with E-state index in [1.807, 2.05) is 0 Å². The number of phosphoric acid groups is 1. The van der Waals surface area contributed by atoms with Crippen molar-refractivity contribution in [3.05, 3.63) is 24.3 Å². The molecule has 0 aromatic heterocycles. The van der Waals surface area contributed by atoms with Crippen LogP contribution in [0, 0.1) is 0 Å². The topological polar surface area (TPSA) is 134 Å². The molecule has 348 valence electrons. The van der Waals surface area contributed by atoms with Crippen molar-refractivity contribution in [2.45, 2.75) is 251 Å². The summed E-state index contributed by atoms with van der Waals surface area (Å²) in [5, 5.41) is 0. The zero-order valence-electron chi connectivity index (χ0n) is 38.5. The van der Waals surface area contributed by atoms with E-state index in [9.17, 15) is 19.0 Å². The van der Waals surface area contributed by atoms with Crippen LogP contribution in [0.4, 0.5) is 0 Å². The molecule has 0 aliphatic carbocycles. The lowest BCUT2D eigenvalue weighted by Gasteiger charge is -2.19. The Morgan fingerprint density at radius 1 is 0.492 bits per heavy atom. The Morgan fingerprint density at radius 2 is 0.847 bits per heavy atom. The van der Waals surface area contributed by atoms with Crippen molar-refractivity contribution in [3.63, 3.8) is 0 Å². The highest BCUT2D eigenvalue weighted by molar-refractivity contribution is 7.47. The SMILES string of the molecule is CCCCCCCCCCC/C=C/CCCCC(=O)O[C@@H](COC(=O)CCC/C=C/CCCCCCCCCCCCCCCCCCCC)COP(=O)(O)OCCN. The molecule has 1 unspecified atom stereocenters. The second-order valence-corrected chi connectivity index (χ2v) is 18.1. The van der Waals surface area contributed by atoms with E-state index < -0.39 is 32.5 Å². The molecular formula is C49H94NO8P. The van der Waals surface area contributed by atoms with Gasteiger partial charge in [0.2, 0.25) is 0 Å². The molecule has 0 aromatic carbocycles. The molecule has 0 amide bonds. The van der Waals surface area contributed by atoms with E-state index in [0.29, 0.717) is 12.8 Å². The summed E-state index contributed by atoms with van der Waals surface area (Å²) < 4.78 is 32.8. The Balaban J connectivity index is 4.06. The van der Waals surface area contributed by atoms with Gasteiger partial charge in [0.25, 0.3) is 0 Å². The van der Waals surface area contributed by atoms with Gasteiger partial charge in [-0.15, -0.1) is 0 Å². The molecule has 10 heteroatoms. The lowest BCUT2D eigenvalue weighted by Crippen LogP contribution is -2.29. The van der Waals surface area contributed by atoms with Crippen LogP contribution in [0.1, 0.15) is 245 Å². The first kappa shape index (κ1) is 57.5. The third kappa shape index (κ3) is 45.8. The number of allylic oxidation sites excluding steroid dienone is 4. The van der Waals surface area contributed by atoms with E-state index in [0.717, 1.165) is 32.1 Å². The highest BCUT2D eigenvalue weighted by atomic mass is 31.2. The van der Waals surface area contributed by atoms with E-state index >= 15 is 0 Å². The molecule has 0 aliphatic rings. The van der Waals surface area contributed by atoms with Gasteiger partial charge < -0.3 is 20.1 Å². The Morgan fingerprint density at radius 3 is 1.25 bits per heavy atom. The fourth-order valence-corrected chi connectivity index (χ4v) is 7.87. The van der Waals surface area contributed by atoms with Gasteiger partial charge in [0, 0.05) is 19.4 Å². The lowest BCUT2D eigenvalue weighted by atomic mass is 10.0. The normalized spacial score (nSPS) is 13.4. The van der Waals surface area contributed by atoms with Crippen molar-refractivity contribution < 1.29 is 37.6 Å². The number of carbonyl (C=O) groups is 2. The van der Waals surface area contributed by atoms with Crippen LogP contribution < -0.4 is 5.73 Å². The third-order valence-corrected chi connectivity index (χ3v) is 11.8. The quantitative estimate of drug-likeness (QED) is 0.0265. The summed E-state index contributed by atoms with van der Waals surface area (Å²) in [4.78, 5) is 34.9. The first-order valence-corrected chi connectivity index (χ1v) is 26.3. The molecule has 59 heavy (non-hydrogen) atoms. The minimum Gasteiger partial charge on any atom is -0.462 e. The number of rotatable bonds is 47. The fourth-order valence-electron chi connectivity index (χ4n) is 7.11. The standard InChI is InChI=1S/C49H94NO8P/c1-3-5-7-9-11-13-15-17-19-20-21-22-23-24-25-26-28-29-31-33-35-37-39-41-48(51)55-45-47(46-57-59(53,54)56-44-43-50)58-49(52)42-40-38-36-34-32-30-27-18-16-14-12-10-8-6-4-2/h32-35,47H,3-31,36-46,50H2,1-2H3,(H,53,54)/b34-32+,35-33+/t47-/m0/s1. The molecule has 0 radical (unpaired) electrons. The summed E-state index contributed by atoms with van der Waals surface area (Å²) in [6.07, 6.45) is 50.9. The Hall–Kier alpha value is -1.51. The molecule has 9 nitrogen and oxygen atoms in total. The van der Waals surface area contributed by atoms with Crippen molar-refractivity contribution in [2.24, 2.45) is 5.73 Å². The van der Waals surface area contributed by atoms with E-state index in [1.54, 1.807) is 0 Å². The van der Waals surface area contributed by atoms with Gasteiger partial charge in [0.1, 0.15) is 6.61 Å². The van der Waals surface area contributed by atoms with Crippen LogP contribution in [-0.4, -0.2) is 49.3 Å². The first-order valence-electron chi connectivity index (χ1n) is 24.8. The molecule has 2 atom stereocenters. The predicted molar refractivity (Wildman–Crippen MR) is 247 cm³/mol. The van der Waals surface area contributed by atoms with Crippen LogP contribution in [0.2, 0.25) is 0 Å².